The second-order valence-corrected chi connectivity index (χ2v) is 8.86. The number of carbonyl (C=O) groups excluding carboxylic acids is 2. The van der Waals surface area contributed by atoms with Gasteiger partial charge in [0.25, 0.3) is 0 Å². The van der Waals surface area contributed by atoms with Gasteiger partial charge in [0.15, 0.2) is 5.11 Å². The molecule has 1 atom stereocenters. The summed E-state index contributed by atoms with van der Waals surface area (Å²) >= 11 is 23.2. The van der Waals surface area contributed by atoms with Crippen molar-refractivity contribution in [3.05, 3.63) is 66.2 Å². The molecular weight excluding hydrogens is 467 g/mol. The first-order chi connectivity index (χ1) is 14.1. The molecule has 2 amide bonds. The van der Waals surface area contributed by atoms with Crippen LogP contribution in [-0.2, 0) is 9.59 Å². The van der Waals surface area contributed by atoms with Gasteiger partial charge < -0.3 is 21.3 Å². The maximum Gasteiger partial charge on any atom is 0.245 e. The Morgan fingerprint density at radius 3 is 2.03 bits per heavy atom. The highest BCUT2D eigenvalue weighted by atomic mass is 35.6. The van der Waals surface area contributed by atoms with E-state index < -0.39 is 15.9 Å². The van der Waals surface area contributed by atoms with Gasteiger partial charge in [0.1, 0.15) is 6.17 Å². The molecular formula is C20H19Cl3N4O2S. The minimum Gasteiger partial charge on any atom is -0.339 e. The van der Waals surface area contributed by atoms with Crippen LogP contribution in [-0.4, -0.2) is 26.9 Å². The quantitative estimate of drug-likeness (QED) is 0.210. The maximum atomic E-state index is 12.2. The predicted molar refractivity (Wildman–Crippen MR) is 128 cm³/mol. The van der Waals surface area contributed by atoms with E-state index in [0.29, 0.717) is 11.4 Å². The zero-order chi connectivity index (χ0) is 22.1. The summed E-state index contributed by atoms with van der Waals surface area (Å²) in [6.07, 6.45) is 1.88. The van der Waals surface area contributed by atoms with Gasteiger partial charge in [-0.2, -0.15) is 0 Å². The van der Waals surface area contributed by atoms with E-state index in [1.165, 1.54) is 13.0 Å². The Bertz CT molecular complexity index is 916. The van der Waals surface area contributed by atoms with E-state index in [1.54, 1.807) is 30.3 Å². The molecule has 0 saturated heterocycles. The van der Waals surface area contributed by atoms with Gasteiger partial charge in [-0.3, -0.25) is 9.59 Å². The number of nitrogens with one attached hydrogen (secondary N) is 4. The maximum absolute atomic E-state index is 12.2. The summed E-state index contributed by atoms with van der Waals surface area (Å²) in [6, 6.07) is 16.1. The topological polar surface area (TPSA) is 82.3 Å². The van der Waals surface area contributed by atoms with E-state index >= 15 is 0 Å². The van der Waals surface area contributed by atoms with Crippen molar-refractivity contribution in [3.63, 3.8) is 0 Å². The Morgan fingerprint density at radius 2 is 1.50 bits per heavy atom. The van der Waals surface area contributed by atoms with Crippen molar-refractivity contribution in [3.8, 4) is 0 Å². The molecule has 0 heterocycles. The first kappa shape index (κ1) is 24.0. The number of carbonyl (C=O) groups is 2. The fraction of sp³-hybridized carbons (Fsp3) is 0.150. The van der Waals surface area contributed by atoms with Gasteiger partial charge in [-0.05, 0) is 48.1 Å². The SMILES string of the molecule is CC(=O)Nc1ccc(NC(=S)N[C@@H](NC(=O)/C=C/c2ccccc2)C(Cl)(Cl)Cl)cc1. The molecule has 0 aromatic heterocycles. The lowest BCUT2D eigenvalue weighted by atomic mass is 10.2. The van der Waals surface area contributed by atoms with Gasteiger partial charge in [0, 0.05) is 24.4 Å². The Hall–Kier alpha value is -2.32. The minimum atomic E-state index is -1.86. The molecule has 30 heavy (non-hydrogen) atoms. The predicted octanol–water partition coefficient (Wildman–Crippen LogP) is 4.46. The van der Waals surface area contributed by atoms with Crippen LogP contribution in [0.5, 0.6) is 0 Å². The van der Waals surface area contributed by atoms with Crippen LogP contribution in [0.2, 0.25) is 0 Å². The van der Waals surface area contributed by atoms with Crippen molar-refractivity contribution in [2.45, 2.75) is 16.9 Å². The van der Waals surface area contributed by atoms with Gasteiger partial charge in [-0.25, -0.2) is 0 Å². The number of halogens is 3. The lowest BCUT2D eigenvalue weighted by Gasteiger charge is -2.27. The van der Waals surface area contributed by atoms with Gasteiger partial charge in [0.05, 0.1) is 0 Å². The lowest BCUT2D eigenvalue weighted by Crippen LogP contribution is -2.55. The van der Waals surface area contributed by atoms with Crippen LogP contribution in [0.4, 0.5) is 11.4 Å². The standard InChI is InChI=1S/C20H19Cl3N4O2S/c1-13(28)24-15-8-10-16(11-9-15)25-19(30)27-18(20(21,22)23)26-17(29)12-7-14-5-3-2-4-6-14/h2-12,18H,1H3,(H,24,28)(H,26,29)(H2,25,27,30)/b12-7+/t18-/m1/s1. The molecule has 6 nitrogen and oxygen atoms in total. The minimum absolute atomic E-state index is 0.131. The summed E-state index contributed by atoms with van der Waals surface area (Å²) in [5, 5.41) is 11.0. The van der Waals surface area contributed by atoms with Crippen molar-refractivity contribution in [1.82, 2.24) is 10.6 Å². The molecule has 4 N–H and O–H groups in total. The smallest absolute Gasteiger partial charge is 0.245 e. The van der Waals surface area contributed by atoms with Crippen molar-refractivity contribution >= 4 is 81.4 Å². The number of hydrogen-bond donors (Lipinski definition) is 4. The molecule has 2 aromatic carbocycles. The van der Waals surface area contributed by atoms with Crippen molar-refractivity contribution < 1.29 is 9.59 Å². The van der Waals surface area contributed by atoms with Crippen LogP contribution in [0.3, 0.4) is 0 Å². The fourth-order valence-corrected chi connectivity index (χ4v) is 2.83. The molecule has 0 unspecified atom stereocenters. The Balaban J connectivity index is 1.96. The Kier molecular flexibility index (Phi) is 8.92. The number of benzene rings is 2. The molecule has 0 saturated carbocycles. The number of alkyl halides is 3. The van der Waals surface area contributed by atoms with Crippen molar-refractivity contribution in [1.29, 1.82) is 0 Å². The average molecular weight is 486 g/mol. The van der Waals surface area contributed by atoms with Crippen LogP contribution < -0.4 is 21.3 Å². The molecule has 10 heteroatoms. The molecule has 0 aliphatic rings. The van der Waals surface area contributed by atoms with Crippen LogP contribution in [0.25, 0.3) is 6.08 Å². The summed E-state index contributed by atoms with van der Waals surface area (Å²) < 4.78 is -1.86. The fourth-order valence-electron chi connectivity index (χ4n) is 2.26. The monoisotopic (exact) mass is 484 g/mol. The largest absolute Gasteiger partial charge is 0.339 e. The third-order valence-corrected chi connectivity index (χ3v) is 4.45. The summed E-state index contributed by atoms with van der Waals surface area (Å²) in [5.74, 6) is -0.638. The lowest BCUT2D eigenvalue weighted by molar-refractivity contribution is -0.117. The van der Waals surface area contributed by atoms with E-state index in [2.05, 4.69) is 21.3 Å². The third kappa shape index (κ3) is 8.59. The van der Waals surface area contributed by atoms with Gasteiger partial charge in [0.2, 0.25) is 15.6 Å². The van der Waals surface area contributed by atoms with E-state index in [4.69, 9.17) is 47.0 Å². The second kappa shape index (κ2) is 11.2. The third-order valence-electron chi connectivity index (χ3n) is 3.58. The number of thiocarbonyl (C=S) groups is 1. The van der Waals surface area contributed by atoms with Gasteiger partial charge >= 0.3 is 0 Å². The van der Waals surface area contributed by atoms with Crippen molar-refractivity contribution in [2.75, 3.05) is 10.6 Å². The van der Waals surface area contributed by atoms with Gasteiger partial charge in [-0.15, -0.1) is 0 Å². The van der Waals surface area contributed by atoms with Gasteiger partial charge in [-0.1, -0.05) is 65.1 Å². The number of rotatable bonds is 6. The summed E-state index contributed by atoms with van der Waals surface area (Å²) in [7, 11) is 0. The van der Waals surface area contributed by atoms with E-state index in [0.717, 1.165) is 5.56 Å². The molecule has 0 aliphatic heterocycles. The first-order valence-corrected chi connectivity index (χ1v) is 10.2. The Morgan fingerprint density at radius 1 is 0.933 bits per heavy atom. The van der Waals surface area contributed by atoms with E-state index in [1.807, 2.05) is 30.3 Å². The van der Waals surface area contributed by atoms with E-state index in [9.17, 15) is 9.59 Å². The molecule has 2 rings (SSSR count). The molecule has 0 spiro atoms. The van der Waals surface area contributed by atoms with Crippen LogP contribution in [0, 0.1) is 0 Å². The van der Waals surface area contributed by atoms with Crippen molar-refractivity contribution in [2.24, 2.45) is 0 Å². The van der Waals surface area contributed by atoms with Crippen LogP contribution in [0.15, 0.2) is 60.7 Å². The zero-order valence-corrected chi connectivity index (χ0v) is 18.9. The molecule has 0 bridgehead atoms. The molecule has 2 aromatic rings. The normalized spacial score (nSPS) is 12.1. The Labute approximate surface area is 195 Å². The van der Waals surface area contributed by atoms with Crippen LogP contribution >= 0.6 is 47.0 Å². The number of hydrogen-bond acceptors (Lipinski definition) is 3. The molecule has 158 valence electrons. The number of anilines is 2. The second-order valence-electron chi connectivity index (χ2n) is 6.08. The average Bonchev–Trinajstić information content (AvgIpc) is 2.67. The molecule has 0 aliphatic carbocycles. The zero-order valence-electron chi connectivity index (χ0n) is 15.8. The summed E-state index contributed by atoms with van der Waals surface area (Å²) in [4.78, 5) is 23.3. The highest BCUT2D eigenvalue weighted by Crippen LogP contribution is 2.29. The van der Waals surface area contributed by atoms with E-state index in [-0.39, 0.29) is 11.0 Å². The highest BCUT2D eigenvalue weighted by molar-refractivity contribution is 7.80. The first-order valence-electron chi connectivity index (χ1n) is 8.69. The highest BCUT2D eigenvalue weighted by Gasteiger charge is 2.34. The molecule has 0 fully saturated rings. The summed E-state index contributed by atoms with van der Waals surface area (Å²) in [6.45, 7) is 1.42. The summed E-state index contributed by atoms with van der Waals surface area (Å²) in [5.41, 5.74) is 2.13. The number of amides is 2. The van der Waals surface area contributed by atoms with Crippen LogP contribution in [0.1, 0.15) is 12.5 Å². The molecule has 0 radical (unpaired) electrons.